The van der Waals surface area contributed by atoms with Gasteiger partial charge < -0.3 is 9.84 Å². The fourth-order valence-electron chi connectivity index (χ4n) is 3.22. The van der Waals surface area contributed by atoms with Gasteiger partial charge in [-0.15, -0.1) is 0 Å². The number of aliphatic carboxylic acids is 1. The van der Waals surface area contributed by atoms with E-state index in [1.165, 1.54) is 13.2 Å². The molecule has 3 nitrogen and oxygen atoms in total. The van der Waals surface area contributed by atoms with Gasteiger partial charge in [0.2, 0.25) is 0 Å². The zero-order valence-corrected chi connectivity index (χ0v) is 11.8. The van der Waals surface area contributed by atoms with Crippen molar-refractivity contribution in [2.75, 3.05) is 7.11 Å². The van der Waals surface area contributed by atoms with E-state index in [4.69, 9.17) is 9.84 Å². The topological polar surface area (TPSA) is 46.5 Å². The van der Waals surface area contributed by atoms with E-state index >= 15 is 0 Å². The van der Waals surface area contributed by atoms with Crippen LogP contribution in [0.2, 0.25) is 0 Å². The predicted molar refractivity (Wildman–Crippen MR) is 74.4 cm³/mol. The van der Waals surface area contributed by atoms with Crippen LogP contribution in [0.5, 0.6) is 5.75 Å². The van der Waals surface area contributed by atoms with Crippen LogP contribution in [-0.2, 0) is 11.2 Å². The number of benzene rings is 1. The van der Waals surface area contributed by atoms with Gasteiger partial charge in [0.15, 0.2) is 0 Å². The zero-order chi connectivity index (χ0) is 14.6. The van der Waals surface area contributed by atoms with E-state index in [1.54, 1.807) is 12.1 Å². The molecule has 20 heavy (non-hydrogen) atoms. The highest BCUT2D eigenvalue weighted by Crippen LogP contribution is 2.44. The number of rotatable bonds is 6. The quantitative estimate of drug-likeness (QED) is 0.862. The first kappa shape index (κ1) is 14.8. The molecule has 0 radical (unpaired) electrons. The molecule has 0 spiro atoms. The van der Waals surface area contributed by atoms with E-state index in [9.17, 15) is 9.18 Å². The highest BCUT2D eigenvalue weighted by molar-refractivity contribution is 5.67. The van der Waals surface area contributed by atoms with Crippen molar-refractivity contribution >= 4 is 5.97 Å². The van der Waals surface area contributed by atoms with Crippen molar-refractivity contribution in [3.63, 3.8) is 0 Å². The van der Waals surface area contributed by atoms with E-state index < -0.39 is 5.97 Å². The first-order chi connectivity index (χ1) is 9.54. The molecule has 0 heterocycles. The number of carboxylic acids is 1. The molecule has 1 aromatic rings. The second-order valence-electron chi connectivity index (χ2n) is 5.73. The van der Waals surface area contributed by atoms with E-state index in [0.717, 1.165) is 32.1 Å². The normalized spacial score (nSPS) is 17.1. The number of halogens is 1. The maximum Gasteiger partial charge on any atom is 0.303 e. The van der Waals surface area contributed by atoms with Crippen molar-refractivity contribution in [1.82, 2.24) is 0 Å². The molecule has 1 N–H and O–H groups in total. The fraction of sp³-hybridized carbons (Fsp3) is 0.562. The number of ether oxygens (including phenoxy) is 1. The predicted octanol–water partition coefficient (Wildman–Crippen LogP) is 3.80. The summed E-state index contributed by atoms with van der Waals surface area (Å²) in [5, 5.41) is 9.07. The molecule has 0 amide bonds. The third-order valence-corrected chi connectivity index (χ3v) is 4.38. The molecule has 1 fully saturated rings. The molecular formula is C16H21FO3. The number of carboxylic acid groups (broad SMARTS) is 1. The largest absolute Gasteiger partial charge is 0.497 e. The first-order valence-corrected chi connectivity index (χ1v) is 7.09. The van der Waals surface area contributed by atoms with E-state index in [0.29, 0.717) is 17.7 Å². The number of hydrogen-bond donors (Lipinski definition) is 1. The number of methoxy groups -OCH3 is 1. The summed E-state index contributed by atoms with van der Waals surface area (Å²) in [6.07, 6.45) is 5.57. The van der Waals surface area contributed by atoms with Crippen molar-refractivity contribution in [3.8, 4) is 5.75 Å². The first-order valence-electron chi connectivity index (χ1n) is 7.09. The Labute approximate surface area is 118 Å². The molecule has 0 atom stereocenters. The van der Waals surface area contributed by atoms with Crippen LogP contribution in [0.4, 0.5) is 4.39 Å². The lowest BCUT2D eigenvalue weighted by Crippen LogP contribution is -2.22. The third-order valence-electron chi connectivity index (χ3n) is 4.38. The zero-order valence-electron chi connectivity index (χ0n) is 11.8. The van der Waals surface area contributed by atoms with E-state index in [1.807, 2.05) is 0 Å². The van der Waals surface area contributed by atoms with Gasteiger partial charge in [0.05, 0.1) is 13.5 Å². The third kappa shape index (κ3) is 3.50. The average molecular weight is 280 g/mol. The van der Waals surface area contributed by atoms with Gasteiger partial charge in [-0.1, -0.05) is 18.9 Å². The van der Waals surface area contributed by atoms with Crippen molar-refractivity contribution in [2.24, 2.45) is 5.41 Å². The smallest absolute Gasteiger partial charge is 0.303 e. The summed E-state index contributed by atoms with van der Waals surface area (Å²) in [7, 11) is 1.51. The molecule has 1 saturated carbocycles. The van der Waals surface area contributed by atoms with Crippen LogP contribution in [0, 0.1) is 11.2 Å². The van der Waals surface area contributed by atoms with Gasteiger partial charge in [0.1, 0.15) is 11.6 Å². The summed E-state index contributed by atoms with van der Waals surface area (Å²) >= 11 is 0. The summed E-state index contributed by atoms with van der Waals surface area (Å²) < 4.78 is 18.9. The molecular weight excluding hydrogens is 259 g/mol. The van der Waals surface area contributed by atoms with Crippen molar-refractivity contribution < 1.29 is 19.0 Å². The van der Waals surface area contributed by atoms with Crippen LogP contribution in [0.3, 0.4) is 0 Å². The molecule has 110 valence electrons. The van der Waals surface area contributed by atoms with Crippen molar-refractivity contribution in [1.29, 1.82) is 0 Å². The van der Waals surface area contributed by atoms with Crippen molar-refractivity contribution in [3.05, 3.63) is 29.6 Å². The monoisotopic (exact) mass is 280 g/mol. The summed E-state index contributed by atoms with van der Waals surface area (Å²) in [6, 6.07) is 4.86. The average Bonchev–Trinajstić information content (AvgIpc) is 2.85. The Balaban J connectivity index is 2.04. The lowest BCUT2D eigenvalue weighted by atomic mass is 9.77. The molecule has 0 aliphatic heterocycles. The van der Waals surface area contributed by atoms with Gasteiger partial charge >= 0.3 is 5.97 Å². The number of aryl methyl sites for hydroxylation is 1. The summed E-state index contributed by atoms with van der Waals surface area (Å²) in [5.41, 5.74) is 0.500. The molecule has 0 saturated heterocycles. The van der Waals surface area contributed by atoms with Crippen LogP contribution in [-0.4, -0.2) is 18.2 Å². The maximum atomic E-state index is 13.9. The fourth-order valence-corrected chi connectivity index (χ4v) is 3.22. The Morgan fingerprint density at radius 3 is 2.65 bits per heavy atom. The SMILES string of the molecule is COc1ccc(CCC2(CC(=O)O)CCCC2)c(F)c1. The number of hydrogen-bond acceptors (Lipinski definition) is 2. The second kappa shape index (κ2) is 6.25. The minimum atomic E-state index is -0.748. The lowest BCUT2D eigenvalue weighted by molar-refractivity contribution is -0.139. The highest BCUT2D eigenvalue weighted by Gasteiger charge is 2.35. The molecule has 4 heteroatoms. The summed E-state index contributed by atoms with van der Waals surface area (Å²) in [4.78, 5) is 11.0. The van der Waals surface area contributed by atoms with Gasteiger partial charge in [-0.05, 0) is 42.7 Å². The van der Waals surface area contributed by atoms with Gasteiger partial charge in [-0.25, -0.2) is 4.39 Å². The van der Waals surface area contributed by atoms with Gasteiger partial charge in [0.25, 0.3) is 0 Å². The minimum Gasteiger partial charge on any atom is -0.497 e. The van der Waals surface area contributed by atoms with Gasteiger partial charge in [-0.3, -0.25) is 4.79 Å². The van der Waals surface area contributed by atoms with Crippen LogP contribution >= 0.6 is 0 Å². The van der Waals surface area contributed by atoms with Crippen LogP contribution in [0.1, 0.15) is 44.1 Å². The standard InChI is InChI=1S/C16H21FO3/c1-20-13-5-4-12(14(17)10-13)6-9-16(11-15(18)19)7-2-3-8-16/h4-5,10H,2-3,6-9,11H2,1H3,(H,18,19). The molecule has 0 unspecified atom stereocenters. The Kier molecular flexibility index (Phi) is 4.63. The molecule has 1 aliphatic rings. The van der Waals surface area contributed by atoms with Crippen LogP contribution < -0.4 is 4.74 Å². The molecule has 2 rings (SSSR count). The van der Waals surface area contributed by atoms with Crippen molar-refractivity contribution in [2.45, 2.75) is 44.9 Å². The van der Waals surface area contributed by atoms with Crippen LogP contribution in [0.25, 0.3) is 0 Å². The number of carbonyl (C=O) groups is 1. The maximum absolute atomic E-state index is 13.9. The summed E-state index contributed by atoms with van der Waals surface area (Å²) in [6.45, 7) is 0. The molecule has 0 bridgehead atoms. The van der Waals surface area contributed by atoms with Gasteiger partial charge in [-0.2, -0.15) is 0 Å². The van der Waals surface area contributed by atoms with Crippen LogP contribution in [0.15, 0.2) is 18.2 Å². The summed E-state index contributed by atoms with van der Waals surface area (Å²) in [5.74, 6) is -0.512. The van der Waals surface area contributed by atoms with E-state index in [2.05, 4.69) is 0 Å². The Morgan fingerprint density at radius 2 is 2.10 bits per heavy atom. The Bertz CT molecular complexity index is 479. The molecule has 0 aromatic heterocycles. The van der Waals surface area contributed by atoms with E-state index in [-0.39, 0.29) is 17.7 Å². The van der Waals surface area contributed by atoms with Gasteiger partial charge in [0, 0.05) is 6.07 Å². The second-order valence-corrected chi connectivity index (χ2v) is 5.73. The Hall–Kier alpha value is -1.58. The highest BCUT2D eigenvalue weighted by atomic mass is 19.1. The minimum absolute atomic E-state index is 0.141. The molecule has 1 aromatic carbocycles. The molecule has 1 aliphatic carbocycles. The Morgan fingerprint density at radius 1 is 1.40 bits per heavy atom. The lowest BCUT2D eigenvalue weighted by Gasteiger charge is -2.27.